The van der Waals surface area contributed by atoms with Crippen molar-refractivity contribution >= 4 is 16.9 Å². The van der Waals surface area contributed by atoms with E-state index in [-0.39, 0.29) is 0 Å². The third-order valence-corrected chi connectivity index (χ3v) is 4.61. The lowest BCUT2D eigenvalue weighted by atomic mass is 10.1. The molecule has 1 heterocycles. The van der Waals surface area contributed by atoms with Crippen LogP contribution in [0, 0.1) is 5.92 Å². The van der Waals surface area contributed by atoms with Crippen LogP contribution in [0.3, 0.4) is 0 Å². The Labute approximate surface area is 110 Å². The van der Waals surface area contributed by atoms with Crippen LogP contribution >= 0.6 is 11.8 Å². The molecule has 3 unspecified atom stereocenters. The Bertz CT molecular complexity index is 251. The quantitative estimate of drug-likeness (QED) is 0.820. The standard InChI is InChI=1S/C13H27N3S/c1-6-16(7-2)8-11(4)14-13-15-12(5)10(3)9-17-13/h10-12H,6-9H2,1-5H3,(H,14,15). The average Bonchev–Trinajstić information content (AvgIpc) is 2.31. The van der Waals surface area contributed by atoms with Gasteiger partial charge in [-0.1, -0.05) is 32.5 Å². The van der Waals surface area contributed by atoms with Crippen LogP contribution < -0.4 is 5.32 Å². The fourth-order valence-electron chi connectivity index (χ4n) is 1.90. The summed E-state index contributed by atoms with van der Waals surface area (Å²) in [4.78, 5) is 7.15. The van der Waals surface area contributed by atoms with Crippen molar-refractivity contribution in [2.45, 2.75) is 46.7 Å². The maximum absolute atomic E-state index is 4.71. The number of nitrogens with zero attached hydrogens (tertiary/aromatic N) is 2. The summed E-state index contributed by atoms with van der Waals surface area (Å²) < 4.78 is 0. The van der Waals surface area contributed by atoms with E-state index in [9.17, 15) is 0 Å². The van der Waals surface area contributed by atoms with Gasteiger partial charge in [0.25, 0.3) is 0 Å². The van der Waals surface area contributed by atoms with Crippen LogP contribution in [0.25, 0.3) is 0 Å². The van der Waals surface area contributed by atoms with E-state index in [2.05, 4.69) is 44.8 Å². The van der Waals surface area contributed by atoms with Crippen molar-refractivity contribution in [1.82, 2.24) is 10.2 Å². The number of likely N-dealkylation sites (N-methyl/N-ethyl adjacent to an activating group) is 1. The molecule has 0 aromatic carbocycles. The molecule has 3 nitrogen and oxygen atoms in total. The maximum atomic E-state index is 4.71. The summed E-state index contributed by atoms with van der Waals surface area (Å²) >= 11 is 1.87. The van der Waals surface area contributed by atoms with Gasteiger partial charge in [0, 0.05) is 18.3 Å². The summed E-state index contributed by atoms with van der Waals surface area (Å²) in [6.07, 6.45) is 0. The van der Waals surface area contributed by atoms with Gasteiger partial charge in [-0.3, -0.25) is 4.99 Å². The van der Waals surface area contributed by atoms with Gasteiger partial charge >= 0.3 is 0 Å². The van der Waals surface area contributed by atoms with Gasteiger partial charge in [0.15, 0.2) is 5.17 Å². The first kappa shape index (κ1) is 14.8. The molecule has 17 heavy (non-hydrogen) atoms. The summed E-state index contributed by atoms with van der Waals surface area (Å²) in [5.74, 6) is 1.88. The van der Waals surface area contributed by atoms with E-state index < -0.39 is 0 Å². The molecule has 1 rings (SSSR count). The van der Waals surface area contributed by atoms with Crippen LogP contribution in [0.4, 0.5) is 0 Å². The number of hydrogen-bond donors (Lipinski definition) is 1. The summed E-state index contributed by atoms with van der Waals surface area (Å²) in [6, 6.07) is 0.932. The van der Waals surface area contributed by atoms with Crippen LogP contribution in [0.5, 0.6) is 0 Å². The Morgan fingerprint density at radius 3 is 2.59 bits per heavy atom. The third-order valence-electron chi connectivity index (χ3n) is 3.42. The minimum Gasteiger partial charge on any atom is -0.361 e. The van der Waals surface area contributed by atoms with Crippen LogP contribution in [-0.4, -0.2) is 47.5 Å². The molecular weight excluding hydrogens is 230 g/mol. The molecule has 1 N–H and O–H groups in total. The summed E-state index contributed by atoms with van der Waals surface area (Å²) in [7, 11) is 0. The number of hydrogen-bond acceptors (Lipinski definition) is 4. The molecule has 1 aliphatic rings. The Balaban J connectivity index is 2.40. The lowest BCUT2D eigenvalue weighted by molar-refractivity contribution is 0.282. The van der Waals surface area contributed by atoms with E-state index in [1.54, 1.807) is 0 Å². The molecule has 0 aliphatic carbocycles. The molecule has 0 aromatic heterocycles. The smallest absolute Gasteiger partial charge is 0.157 e. The summed E-state index contributed by atoms with van der Waals surface area (Å²) in [5.41, 5.74) is 0. The lowest BCUT2D eigenvalue weighted by Crippen LogP contribution is -2.42. The number of rotatable bonds is 5. The highest BCUT2D eigenvalue weighted by Crippen LogP contribution is 2.21. The number of amidine groups is 1. The molecule has 0 spiro atoms. The molecule has 0 saturated heterocycles. The van der Waals surface area contributed by atoms with E-state index in [4.69, 9.17) is 4.99 Å². The van der Waals surface area contributed by atoms with Crippen LogP contribution in [0.2, 0.25) is 0 Å². The number of thioether (sulfide) groups is 1. The minimum atomic E-state index is 0.458. The maximum Gasteiger partial charge on any atom is 0.157 e. The van der Waals surface area contributed by atoms with Crippen molar-refractivity contribution in [2.75, 3.05) is 25.4 Å². The monoisotopic (exact) mass is 257 g/mol. The zero-order valence-electron chi connectivity index (χ0n) is 11.9. The average molecular weight is 257 g/mol. The van der Waals surface area contributed by atoms with Crippen molar-refractivity contribution < 1.29 is 0 Å². The van der Waals surface area contributed by atoms with Gasteiger partial charge in [0.05, 0.1) is 6.04 Å². The molecule has 0 saturated carbocycles. The molecule has 0 fully saturated rings. The zero-order chi connectivity index (χ0) is 12.8. The van der Waals surface area contributed by atoms with Gasteiger partial charge in [-0.15, -0.1) is 0 Å². The van der Waals surface area contributed by atoms with Crippen molar-refractivity contribution in [3.63, 3.8) is 0 Å². The highest BCUT2D eigenvalue weighted by atomic mass is 32.2. The van der Waals surface area contributed by atoms with E-state index >= 15 is 0 Å². The minimum absolute atomic E-state index is 0.458. The molecule has 0 radical (unpaired) electrons. The van der Waals surface area contributed by atoms with Crippen LogP contribution in [0.1, 0.15) is 34.6 Å². The lowest BCUT2D eigenvalue weighted by Gasteiger charge is -2.28. The van der Waals surface area contributed by atoms with Crippen molar-refractivity contribution in [1.29, 1.82) is 0 Å². The Morgan fingerprint density at radius 2 is 2.06 bits per heavy atom. The highest BCUT2D eigenvalue weighted by Gasteiger charge is 2.20. The largest absolute Gasteiger partial charge is 0.361 e. The predicted octanol–water partition coefficient (Wildman–Crippen LogP) is 2.43. The van der Waals surface area contributed by atoms with Gasteiger partial charge < -0.3 is 10.2 Å². The first-order valence-corrected chi connectivity index (χ1v) is 7.74. The van der Waals surface area contributed by atoms with Crippen molar-refractivity contribution in [3.8, 4) is 0 Å². The van der Waals surface area contributed by atoms with Gasteiger partial charge in [0.2, 0.25) is 0 Å². The zero-order valence-corrected chi connectivity index (χ0v) is 12.7. The van der Waals surface area contributed by atoms with Gasteiger partial charge in [0.1, 0.15) is 0 Å². The van der Waals surface area contributed by atoms with Crippen molar-refractivity contribution in [3.05, 3.63) is 0 Å². The molecule has 0 bridgehead atoms. The molecule has 100 valence electrons. The summed E-state index contributed by atoms with van der Waals surface area (Å²) in [6.45, 7) is 14.5. The highest BCUT2D eigenvalue weighted by molar-refractivity contribution is 8.13. The van der Waals surface area contributed by atoms with Crippen LogP contribution in [-0.2, 0) is 0 Å². The molecule has 0 amide bonds. The van der Waals surface area contributed by atoms with Crippen LogP contribution in [0.15, 0.2) is 4.99 Å². The molecule has 1 aliphatic heterocycles. The molecule has 4 heteroatoms. The van der Waals surface area contributed by atoms with E-state index in [1.807, 2.05) is 11.8 Å². The second-order valence-electron chi connectivity index (χ2n) is 4.99. The molecule has 3 atom stereocenters. The number of aliphatic imine (C=N–C) groups is 1. The summed E-state index contributed by atoms with van der Waals surface area (Å²) in [5, 5.41) is 4.67. The SMILES string of the molecule is CCN(CC)CC(C)NC1=NC(C)C(C)CS1. The molecular formula is C13H27N3S. The molecule has 0 aromatic rings. The second-order valence-corrected chi connectivity index (χ2v) is 6.00. The fraction of sp³-hybridized carbons (Fsp3) is 0.923. The topological polar surface area (TPSA) is 27.6 Å². The first-order valence-electron chi connectivity index (χ1n) is 6.76. The van der Waals surface area contributed by atoms with E-state index in [0.717, 1.165) is 24.8 Å². The Morgan fingerprint density at radius 1 is 1.41 bits per heavy atom. The Hall–Kier alpha value is -0.220. The predicted molar refractivity (Wildman–Crippen MR) is 78.9 cm³/mol. The van der Waals surface area contributed by atoms with Gasteiger partial charge in [-0.2, -0.15) is 0 Å². The third kappa shape index (κ3) is 4.88. The first-order chi connectivity index (χ1) is 8.06. The Kier molecular flexibility index (Phi) is 6.34. The fourth-order valence-corrected chi connectivity index (χ4v) is 3.13. The van der Waals surface area contributed by atoms with Crippen molar-refractivity contribution in [2.24, 2.45) is 10.9 Å². The van der Waals surface area contributed by atoms with Gasteiger partial charge in [-0.05, 0) is 32.9 Å². The van der Waals surface area contributed by atoms with E-state index in [1.165, 1.54) is 5.75 Å². The van der Waals surface area contributed by atoms with Gasteiger partial charge in [-0.25, -0.2) is 0 Å². The van der Waals surface area contributed by atoms with E-state index in [0.29, 0.717) is 18.0 Å². The number of nitrogens with one attached hydrogen (secondary N) is 1. The normalized spacial score (nSPS) is 26.8. The second kappa shape index (κ2) is 7.27.